The van der Waals surface area contributed by atoms with Crippen molar-refractivity contribution in [3.05, 3.63) is 59.1 Å². The van der Waals surface area contributed by atoms with Gasteiger partial charge in [0, 0.05) is 13.1 Å². The lowest BCUT2D eigenvalue weighted by atomic mass is 9.78. The number of benzene rings is 2. The number of rotatable bonds is 4. The monoisotopic (exact) mass is 382 g/mol. The zero-order valence-corrected chi connectivity index (χ0v) is 16.5. The molecule has 0 bridgehead atoms. The molecule has 0 unspecified atom stereocenters. The van der Waals surface area contributed by atoms with E-state index < -0.39 is 5.41 Å². The molecule has 4 heteroatoms. The summed E-state index contributed by atoms with van der Waals surface area (Å²) in [4.78, 5) is 15.8. The van der Waals surface area contributed by atoms with Crippen molar-refractivity contribution in [1.29, 1.82) is 0 Å². The van der Waals surface area contributed by atoms with E-state index in [-0.39, 0.29) is 5.91 Å². The molecule has 2 aromatic carbocycles. The number of hydrogen-bond acceptors (Lipinski definition) is 2. The first-order valence-corrected chi connectivity index (χ1v) is 10.5. The first-order chi connectivity index (χ1) is 13.2. The van der Waals surface area contributed by atoms with Crippen LogP contribution in [0.4, 0.5) is 11.4 Å². The Balaban J connectivity index is 1.65. The topological polar surface area (TPSA) is 32.3 Å². The first kappa shape index (κ1) is 18.4. The van der Waals surface area contributed by atoms with E-state index in [1.165, 1.54) is 19.3 Å². The summed E-state index contributed by atoms with van der Waals surface area (Å²) in [5, 5.41) is 3.98. The zero-order valence-electron chi connectivity index (χ0n) is 15.7. The SMILES string of the molecule is O=C(Nc1cccc(Cl)c1N1CCCCC1)C1(c2ccccc2)CCCC1. The van der Waals surface area contributed by atoms with Crippen molar-refractivity contribution in [2.24, 2.45) is 0 Å². The lowest BCUT2D eigenvalue weighted by molar-refractivity contribution is -0.121. The maximum Gasteiger partial charge on any atom is 0.235 e. The van der Waals surface area contributed by atoms with Crippen LogP contribution in [0.3, 0.4) is 0 Å². The van der Waals surface area contributed by atoms with E-state index >= 15 is 0 Å². The van der Waals surface area contributed by atoms with Crippen LogP contribution in [-0.4, -0.2) is 19.0 Å². The highest BCUT2D eigenvalue weighted by Crippen LogP contribution is 2.43. The first-order valence-electron chi connectivity index (χ1n) is 10.1. The fraction of sp³-hybridized carbons (Fsp3) is 0.435. The summed E-state index contributed by atoms with van der Waals surface area (Å²) < 4.78 is 0. The molecule has 2 fully saturated rings. The van der Waals surface area contributed by atoms with E-state index in [0.717, 1.165) is 60.7 Å². The minimum absolute atomic E-state index is 0.103. The predicted octanol–water partition coefficient (Wildman–Crippen LogP) is 5.78. The van der Waals surface area contributed by atoms with E-state index in [9.17, 15) is 4.79 Å². The molecule has 1 saturated heterocycles. The molecule has 1 amide bonds. The minimum atomic E-state index is -0.428. The second-order valence-corrected chi connectivity index (χ2v) is 8.20. The van der Waals surface area contributed by atoms with Gasteiger partial charge in [-0.2, -0.15) is 0 Å². The molecule has 1 heterocycles. The number of carbonyl (C=O) groups excluding carboxylic acids is 1. The molecule has 2 aliphatic rings. The van der Waals surface area contributed by atoms with Crippen molar-refractivity contribution < 1.29 is 4.79 Å². The van der Waals surface area contributed by atoms with Crippen LogP contribution in [0.1, 0.15) is 50.5 Å². The molecule has 1 aliphatic heterocycles. The summed E-state index contributed by atoms with van der Waals surface area (Å²) in [6.45, 7) is 1.99. The van der Waals surface area contributed by atoms with Crippen LogP contribution in [0.2, 0.25) is 5.02 Å². The molecule has 27 heavy (non-hydrogen) atoms. The lowest BCUT2D eigenvalue weighted by Gasteiger charge is -2.33. The van der Waals surface area contributed by atoms with Crippen LogP contribution in [0.5, 0.6) is 0 Å². The number of hydrogen-bond donors (Lipinski definition) is 1. The molecule has 1 aliphatic carbocycles. The fourth-order valence-corrected chi connectivity index (χ4v) is 4.97. The van der Waals surface area contributed by atoms with Gasteiger partial charge in [-0.25, -0.2) is 0 Å². The minimum Gasteiger partial charge on any atom is -0.369 e. The Morgan fingerprint density at radius 3 is 2.30 bits per heavy atom. The van der Waals surface area contributed by atoms with Crippen molar-refractivity contribution in [2.45, 2.75) is 50.4 Å². The number of nitrogens with one attached hydrogen (secondary N) is 1. The average molecular weight is 383 g/mol. The molecule has 0 spiro atoms. The highest BCUT2D eigenvalue weighted by Gasteiger charge is 2.42. The van der Waals surface area contributed by atoms with Crippen molar-refractivity contribution >= 4 is 28.9 Å². The lowest BCUT2D eigenvalue weighted by Crippen LogP contribution is -2.38. The third-order valence-electron chi connectivity index (χ3n) is 6.13. The maximum absolute atomic E-state index is 13.5. The summed E-state index contributed by atoms with van der Waals surface area (Å²) in [6, 6.07) is 16.1. The molecule has 1 saturated carbocycles. The van der Waals surface area contributed by atoms with E-state index in [0.29, 0.717) is 0 Å². The Labute approximate surface area is 166 Å². The fourth-order valence-electron chi connectivity index (χ4n) is 4.68. The number of anilines is 2. The molecule has 4 rings (SSSR count). The van der Waals surface area contributed by atoms with E-state index in [1.54, 1.807) is 0 Å². The summed E-state index contributed by atoms with van der Waals surface area (Å²) in [5.74, 6) is 0.103. The van der Waals surface area contributed by atoms with E-state index in [2.05, 4.69) is 22.3 Å². The van der Waals surface area contributed by atoms with Crippen molar-refractivity contribution in [2.75, 3.05) is 23.3 Å². The van der Waals surface area contributed by atoms with Crippen LogP contribution < -0.4 is 10.2 Å². The quantitative estimate of drug-likeness (QED) is 0.726. The number of amides is 1. The van der Waals surface area contributed by atoms with Gasteiger partial charge in [-0.05, 0) is 49.8 Å². The smallest absolute Gasteiger partial charge is 0.235 e. The van der Waals surface area contributed by atoms with Gasteiger partial charge in [0.05, 0.1) is 21.8 Å². The molecule has 1 N–H and O–H groups in total. The molecule has 142 valence electrons. The van der Waals surface area contributed by atoms with E-state index in [1.807, 2.05) is 36.4 Å². The number of piperidine rings is 1. The second kappa shape index (κ2) is 7.93. The van der Waals surface area contributed by atoms with Gasteiger partial charge in [0.1, 0.15) is 0 Å². The third-order valence-corrected chi connectivity index (χ3v) is 6.43. The highest BCUT2D eigenvalue weighted by molar-refractivity contribution is 6.34. The Hall–Kier alpha value is -2.00. The zero-order chi connectivity index (χ0) is 18.7. The Bertz CT molecular complexity index is 793. The van der Waals surface area contributed by atoms with Crippen molar-refractivity contribution in [1.82, 2.24) is 0 Å². The number of para-hydroxylation sites is 1. The van der Waals surface area contributed by atoms with Crippen LogP contribution in [0, 0.1) is 0 Å². The van der Waals surface area contributed by atoms with Crippen molar-refractivity contribution in [3.63, 3.8) is 0 Å². The summed E-state index contributed by atoms with van der Waals surface area (Å²) in [5.41, 5.74) is 2.52. The maximum atomic E-state index is 13.5. The van der Waals surface area contributed by atoms with Gasteiger partial charge in [0.2, 0.25) is 5.91 Å². The third kappa shape index (κ3) is 3.58. The van der Waals surface area contributed by atoms with Crippen LogP contribution in [0.25, 0.3) is 0 Å². The van der Waals surface area contributed by atoms with Gasteiger partial charge in [0.25, 0.3) is 0 Å². The molecule has 0 radical (unpaired) electrons. The molecular weight excluding hydrogens is 356 g/mol. The predicted molar refractivity (Wildman–Crippen MR) is 113 cm³/mol. The standard InChI is InChI=1S/C23H27ClN2O/c24-19-12-9-13-20(21(19)26-16-7-2-8-17-26)25-22(27)23(14-5-6-15-23)18-10-3-1-4-11-18/h1,3-4,9-13H,2,5-8,14-17H2,(H,25,27). The number of nitrogens with zero attached hydrogens (tertiary/aromatic N) is 1. The Morgan fingerprint density at radius 1 is 0.889 bits per heavy atom. The Kier molecular flexibility index (Phi) is 5.40. The molecule has 0 aromatic heterocycles. The van der Waals surface area contributed by atoms with Gasteiger partial charge in [-0.3, -0.25) is 4.79 Å². The Morgan fingerprint density at radius 2 is 1.59 bits per heavy atom. The van der Waals surface area contributed by atoms with E-state index in [4.69, 9.17) is 11.6 Å². The second-order valence-electron chi connectivity index (χ2n) is 7.79. The number of halogens is 1. The van der Waals surface area contributed by atoms with Crippen LogP contribution in [0.15, 0.2) is 48.5 Å². The molecule has 3 nitrogen and oxygen atoms in total. The van der Waals surface area contributed by atoms with Gasteiger partial charge >= 0.3 is 0 Å². The molecule has 2 aromatic rings. The summed E-state index contributed by atoms with van der Waals surface area (Å²) in [7, 11) is 0. The summed E-state index contributed by atoms with van der Waals surface area (Å²) in [6.07, 6.45) is 7.61. The largest absolute Gasteiger partial charge is 0.369 e. The molecular formula is C23H27ClN2O. The summed E-state index contributed by atoms with van der Waals surface area (Å²) >= 11 is 6.56. The van der Waals surface area contributed by atoms with Gasteiger partial charge in [-0.15, -0.1) is 0 Å². The van der Waals surface area contributed by atoms with Crippen LogP contribution >= 0.6 is 11.6 Å². The van der Waals surface area contributed by atoms with Gasteiger partial charge in [-0.1, -0.05) is 60.8 Å². The highest BCUT2D eigenvalue weighted by atomic mass is 35.5. The normalized spacial score (nSPS) is 19.1. The number of carbonyl (C=O) groups is 1. The average Bonchev–Trinajstić information content (AvgIpc) is 3.21. The molecule has 0 atom stereocenters. The van der Waals surface area contributed by atoms with Crippen LogP contribution in [-0.2, 0) is 10.2 Å². The van der Waals surface area contributed by atoms with Crippen molar-refractivity contribution in [3.8, 4) is 0 Å². The van der Waals surface area contributed by atoms with Gasteiger partial charge < -0.3 is 10.2 Å². The van der Waals surface area contributed by atoms with Gasteiger partial charge in [0.15, 0.2) is 0 Å².